The molecule has 0 saturated heterocycles. The first kappa shape index (κ1) is 13.4. The fraction of sp³-hybridized carbons (Fsp3) is 0.231. The number of amides is 1. The van der Waals surface area contributed by atoms with Crippen LogP contribution in [0.2, 0.25) is 0 Å². The Kier molecular flexibility index (Phi) is 3.71. The van der Waals surface area contributed by atoms with Crippen molar-refractivity contribution in [3.63, 3.8) is 0 Å². The van der Waals surface area contributed by atoms with Crippen molar-refractivity contribution in [1.29, 1.82) is 0 Å². The van der Waals surface area contributed by atoms with Crippen LogP contribution in [0.25, 0.3) is 0 Å². The van der Waals surface area contributed by atoms with Crippen LogP contribution in [0.15, 0.2) is 18.2 Å². The predicted molar refractivity (Wildman–Crippen MR) is 79.4 cm³/mol. The summed E-state index contributed by atoms with van der Waals surface area (Å²) in [5.74, 6) is -0.270. The Morgan fingerprint density at radius 2 is 2.16 bits per heavy atom. The molecule has 1 heterocycles. The molecule has 0 fully saturated rings. The van der Waals surface area contributed by atoms with Crippen molar-refractivity contribution >= 4 is 33.8 Å². The fourth-order valence-corrected chi connectivity index (χ4v) is 2.66. The van der Waals surface area contributed by atoms with E-state index in [1.807, 2.05) is 13.8 Å². The van der Waals surface area contributed by atoms with Crippen LogP contribution in [0.5, 0.6) is 0 Å². The molecule has 0 saturated carbocycles. The number of anilines is 3. The second-order valence-corrected chi connectivity index (χ2v) is 5.38. The van der Waals surface area contributed by atoms with E-state index in [1.165, 1.54) is 11.3 Å². The average Bonchev–Trinajstić information content (AvgIpc) is 2.69. The summed E-state index contributed by atoms with van der Waals surface area (Å²) in [4.78, 5) is 17.6. The number of benzene rings is 1. The van der Waals surface area contributed by atoms with Gasteiger partial charge in [0.25, 0.3) is 5.91 Å². The van der Waals surface area contributed by atoms with Gasteiger partial charge in [0.1, 0.15) is 0 Å². The van der Waals surface area contributed by atoms with Crippen LogP contribution in [0.3, 0.4) is 0 Å². The monoisotopic (exact) mass is 276 g/mol. The number of hydrogen-bond donors (Lipinski definition) is 3. The second kappa shape index (κ2) is 5.27. The van der Waals surface area contributed by atoms with Gasteiger partial charge in [-0.15, -0.1) is 11.3 Å². The molecule has 5 nitrogen and oxygen atoms in total. The first-order chi connectivity index (χ1) is 9.01. The van der Waals surface area contributed by atoms with Gasteiger partial charge in [-0.1, -0.05) is 6.92 Å². The lowest BCUT2D eigenvalue weighted by Crippen LogP contribution is -2.14. The lowest BCUT2D eigenvalue weighted by atomic mass is 10.1. The molecule has 0 aliphatic carbocycles. The highest BCUT2D eigenvalue weighted by Gasteiger charge is 2.13. The van der Waals surface area contributed by atoms with Gasteiger partial charge in [-0.2, -0.15) is 0 Å². The van der Waals surface area contributed by atoms with Crippen LogP contribution in [-0.2, 0) is 6.42 Å². The van der Waals surface area contributed by atoms with E-state index in [-0.39, 0.29) is 5.91 Å². The van der Waals surface area contributed by atoms with Gasteiger partial charge in [0.2, 0.25) is 0 Å². The van der Waals surface area contributed by atoms with E-state index < -0.39 is 0 Å². The minimum Gasteiger partial charge on any atom is -0.399 e. The smallest absolute Gasteiger partial charge is 0.259 e. The van der Waals surface area contributed by atoms with Gasteiger partial charge in [0, 0.05) is 16.3 Å². The third-order valence-electron chi connectivity index (χ3n) is 2.77. The van der Waals surface area contributed by atoms with Crippen molar-refractivity contribution in [3.05, 3.63) is 34.3 Å². The van der Waals surface area contributed by atoms with Crippen molar-refractivity contribution < 1.29 is 4.79 Å². The standard InChI is InChI=1S/C13H16N4OS/c1-3-11-7(2)19-13(16-11)17-12(18)9-5-4-8(14)6-10(9)15/h4-6H,3,14-15H2,1-2H3,(H,16,17,18). The lowest BCUT2D eigenvalue weighted by Gasteiger charge is -2.05. The van der Waals surface area contributed by atoms with Crippen molar-refractivity contribution in [2.75, 3.05) is 16.8 Å². The van der Waals surface area contributed by atoms with Crippen molar-refractivity contribution in [2.24, 2.45) is 0 Å². The number of nitrogens with zero attached hydrogens (tertiary/aromatic N) is 1. The molecule has 0 aliphatic rings. The number of aromatic nitrogens is 1. The third kappa shape index (κ3) is 2.85. The fourth-order valence-electron chi connectivity index (χ4n) is 1.76. The largest absolute Gasteiger partial charge is 0.399 e. The van der Waals surface area contributed by atoms with Crippen molar-refractivity contribution in [2.45, 2.75) is 20.3 Å². The number of carbonyl (C=O) groups excluding carboxylic acids is 1. The molecule has 0 atom stereocenters. The average molecular weight is 276 g/mol. The van der Waals surface area contributed by atoms with E-state index in [0.29, 0.717) is 22.1 Å². The Balaban J connectivity index is 2.20. The number of nitrogen functional groups attached to an aromatic ring is 2. The third-order valence-corrected chi connectivity index (χ3v) is 3.70. The molecule has 0 bridgehead atoms. The van der Waals surface area contributed by atoms with E-state index in [4.69, 9.17) is 11.5 Å². The maximum atomic E-state index is 12.1. The van der Waals surface area contributed by atoms with E-state index in [2.05, 4.69) is 10.3 Å². The molecule has 1 aromatic carbocycles. The first-order valence-corrected chi connectivity index (χ1v) is 6.75. The van der Waals surface area contributed by atoms with Gasteiger partial charge in [-0.25, -0.2) is 4.98 Å². The van der Waals surface area contributed by atoms with Gasteiger partial charge >= 0.3 is 0 Å². The van der Waals surface area contributed by atoms with Crippen LogP contribution in [0.4, 0.5) is 16.5 Å². The van der Waals surface area contributed by atoms with Gasteiger partial charge in [0.05, 0.1) is 11.3 Å². The second-order valence-electron chi connectivity index (χ2n) is 4.18. The van der Waals surface area contributed by atoms with E-state index in [9.17, 15) is 4.79 Å². The maximum absolute atomic E-state index is 12.1. The molecule has 0 unspecified atom stereocenters. The summed E-state index contributed by atoms with van der Waals surface area (Å²) in [6.45, 7) is 4.02. The van der Waals surface area contributed by atoms with Crippen LogP contribution in [0.1, 0.15) is 27.9 Å². The molecule has 1 amide bonds. The molecule has 5 N–H and O–H groups in total. The van der Waals surface area contributed by atoms with Gasteiger partial charge < -0.3 is 11.5 Å². The zero-order valence-electron chi connectivity index (χ0n) is 10.9. The van der Waals surface area contributed by atoms with Crippen LogP contribution in [0, 0.1) is 6.92 Å². The maximum Gasteiger partial charge on any atom is 0.259 e. The zero-order valence-corrected chi connectivity index (χ0v) is 11.7. The Hall–Kier alpha value is -2.08. The predicted octanol–water partition coefficient (Wildman–Crippen LogP) is 2.43. The van der Waals surface area contributed by atoms with Crippen molar-refractivity contribution in [1.82, 2.24) is 4.98 Å². The summed E-state index contributed by atoms with van der Waals surface area (Å²) >= 11 is 1.46. The van der Waals surface area contributed by atoms with Gasteiger partial charge in [-0.3, -0.25) is 10.1 Å². The summed E-state index contributed by atoms with van der Waals surface area (Å²) in [5, 5.41) is 3.35. The SMILES string of the molecule is CCc1nc(NC(=O)c2ccc(N)cc2N)sc1C. The number of hydrogen-bond acceptors (Lipinski definition) is 5. The number of carbonyl (C=O) groups is 1. The molecule has 2 aromatic rings. The molecule has 19 heavy (non-hydrogen) atoms. The van der Waals surface area contributed by atoms with E-state index in [0.717, 1.165) is 17.0 Å². The van der Waals surface area contributed by atoms with Crippen LogP contribution < -0.4 is 16.8 Å². The summed E-state index contributed by atoms with van der Waals surface area (Å²) in [7, 11) is 0. The first-order valence-electron chi connectivity index (χ1n) is 5.94. The van der Waals surface area contributed by atoms with E-state index in [1.54, 1.807) is 18.2 Å². The van der Waals surface area contributed by atoms with Crippen LogP contribution in [-0.4, -0.2) is 10.9 Å². The zero-order chi connectivity index (χ0) is 14.0. The molecular formula is C13H16N4OS. The molecule has 1 aromatic heterocycles. The molecule has 100 valence electrons. The number of thiazole rings is 1. The quantitative estimate of drug-likeness (QED) is 0.750. The molecule has 0 radical (unpaired) electrons. The normalized spacial score (nSPS) is 10.4. The molecular weight excluding hydrogens is 260 g/mol. The number of aryl methyl sites for hydroxylation is 2. The Labute approximate surface area is 115 Å². The molecule has 6 heteroatoms. The highest BCUT2D eigenvalue weighted by molar-refractivity contribution is 7.15. The van der Waals surface area contributed by atoms with Gasteiger partial charge in [0.15, 0.2) is 5.13 Å². The summed E-state index contributed by atoms with van der Waals surface area (Å²) in [5.41, 5.74) is 13.7. The summed E-state index contributed by atoms with van der Waals surface area (Å²) in [6, 6.07) is 4.83. The topological polar surface area (TPSA) is 94.0 Å². The number of rotatable bonds is 3. The number of nitrogens with two attached hydrogens (primary N) is 2. The van der Waals surface area contributed by atoms with E-state index >= 15 is 0 Å². The summed E-state index contributed by atoms with van der Waals surface area (Å²) in [6.07, 6.45) is 0.849. The van der Waals surface area contributed by atoms with Crippen LogP contribution >= 0.6 is 11.3 Å². The minimum absolute atomic E-state index is 0.270. The van der Waals surface area contributed by atoms with Crippen molar-refractivity contribution in [3.8, 4) is 0 Å². The number of nitrogens with one attached hydrogen (secondary N) is 1. The lowest BCUT2D eigenvalue weighted by molar-refractivity contribution is 0.102. The Morgan fingerprint density at radius 1 is 1.42 bits per heavy atom. The Bertz CT molecular complexity index is 621. The minimum atomic E-state index is -0.270. The molecule has 0 aliphatic heterocycles. The highest BCUT2D eigenvalue weighted by atomic mass is 32.1. The van der Waals surface area contributed by atoms with Gasteiger partial charge in [-0.05, 0) is 31.5 Å². The summed E-state index contributed by atoms with van der Waals surface area (Å²) < 4.78 is 0. The highest BCUT2D eigenvalue weighted by Crippen LogP contribution is 2.24. The molecule has 2 rings (SSSR count). The molecule has 0 spiro atoms. The Morgan fingerprint density at radius 3 is 2.74 bits per heavy atom.